The van der Waals surface area contributed by atoms with E-state index >= 15 is 0 Å². The van der Waals surface area contributed by atoms with Crippen LogP contribution in [0.4, 0.5) is 0 Å². The van der Waals surface area contributed by atoms with Gasteiger partial charge in [-0.15, -0.1) is 0 Å². The van der Waals surface area contributed by atoms with Crippen molar-refractivity contribution in [3.63, 3.8) is 0 Å². The van der Waals surface area contributed by atoms with E-state index in [1.165, 1.54) is 33.0 Å². The lowest BCUT2D eigenvalue weighted by atomic mass is 9.91. The molecule has 0 saturated heterocycles. The van der Waals surface area contributed by atoms with Gasteiger partial charge in [0, 0.05) is 12.3 Å². The summed E-state index contributed by atoms with van der Waals surface area (Å²) in [5.74, 6) is 0. The molecule has 7 aromatic carbocycles. The number of nitrogens with zero attached hydrogens (tertiary/aromatic N) is 2. The van der Waals surface area contributed by atoms with E-state index in [2.05, 4.69) is 158 Å². The molecule has 3 nitrogen and oxygen atoms in total. The molecule has 0 spiro atoms. The highest BCUT2D eigenvalue weighted by molar-refractivity contribution is 6.05. The van der Waals surface area contributed by atoms with Crippen LogP contribution in [0.15, 0.2) is 175 Å². The van der Waals surface area contributed by atoms with E-state index < -0.39 is 0 Å². The minimum absolute atomic E-state index is 0.166. The third-order valence-corrected chi connectivity index (χ3v) is 9.29. The van der Waals surface area contributed by atoms with Crippen molar-refractivity contribution in [2.75, 3.05) is 0 Å². The smallest absolute Gasteiger partial charge is 0.126 e. The largest absolute Gasteiger partial charge is 0.285 e. The highest BCUT2D eigenvalue weighted by Gasteiger charge is 2.17. The maximum absolute atomic E-state index is 9.32. The van der Waals surface area contributed by atoms with Crippen LogP contribution < -0.4 is 5.32 Å². The molecular weight excluding hydrogens is 607 g/mol. The lowest BCUT2D eigenvalue weighted by Gasteiger charge is -2.24. The molecule has 0 aliphatic carbocycles. The molecule has 242 valence electrons. The predicted molar refractivity (Wildman–Crippen MR) is 209 cm³/mol. The van der Waals surface area contributed by atoms with E-state index in [-0.39, 0.29) is 12.2 Å². The zero-order valence-corrected chi connectivity index (χ0v) is 28.2. The second kappa shape index (κ2) is 15.4. The third kappa shape index (κ3) is 7.32. The SMILES string of the molecule is CCCC(NC(/N=C/c1ccc(-c2ccc(-c3ccc(-c4cccc(C#N)c4)cc3)c3ccccc23)cc1)c1ccccc1)c1ccccc1. The second-order valence-electron chi connectivity index (χ2n) is 12.6. The van der Waals surface area contributed by atoms with Crippen LogP contribution in [0.1, 0.15) is 54.2 Å². The molecule has 1 N–H and O–H groups in total. The number of rotatable bonds is 11. The summed E-state index contributed by atoms with van der Waals surface area (Å²) < 4.78 is 0. The molecule has 0 aliphatic rings. The summed E-state index contributed by atoms with van der Waals surface area (Å²) in [6, 6.07) is 61.8. The zero-order chi connectivity index (χ0) is 34.1. The first-order chi connectivity index (χ1) is 24.7. The van der Waals surface area contributed by atoms with Gasteiger partial charge in [0.2, 0.25) is 0 Å². The molecule has 0 heterocycles. The van der Waals surface area contributed by atoms with Gasteiger partial charge in [-0.25, -0.2) is 0 Å². The topological polar surface area (TPSA) is 48.2 Å². The Balaban J connectivity index is 1.14. The zero-order valence-electron chi connectivity index (χ0n) is 28.2. The first-order valence-electron chi connectivity index (χ1n) is 17.3. The Kier molecular flexibility index (Phi) is 10.0. The first kappa shape index (κ1) is 32.5. The van der Waals surface area contributed by atoms with Crippen molar-refractivity contribution in [1.29, 1.82) is 5.26 Å². The average Bonchev–Trinajstić information content (AvgIpc) is 3.19. The molecule has 0 aliphatic heterocycles. The van der Waals surface area contributed by atoms with Gasteiger partial charge in [-0.05, 0) is 79.4 Å². The van der Waals surface area contributed by atoms with Crippen LogP contribution in [0.3, 0.4) is 0 Å². The third-order valence-electron chi connectivity index (χ3n) is 9.29. The molecule has 50 heavy (non-hydrogen) atoms. The van der Waals surface area contributed by atoms with E-state index in [9.17, 15) is 5.26 Å². The van der Waals surface area contributed by atoms with Gasteiger partial charge >= 0.3 is 0 Å². The fraction of sp³-hybridized carbons (Fsp3) is 0.106. The minimum atomic E-state index is -0.166. The molecule has 3 heteroatoms. The normalized spacial score (nSPS) is 12.5. The number of nitrogens with one attached hydrogen (secondary N) is 1. The number of nitriles is 1. The van der Waals surface area contributed by atoms with E-state index in [0.717, 1.165) is 40.7 Å². The van der Waals surface area contributed by atoms with Crippen LogP contribution in [-0.4, -0.2) is 6.21 Å². The molecule has 0 saturated carbocycles. The van der Waals surface area contributed by atoms with Crippen LogP contribution in [0.25, 0.3) is 44.2 Å². The summed E-state index contributed by atoms with van der Waals surface area (Å²) in [5, 5.41) is 15.6. The minimum Gasteiger partial charge on any atom is -0.285 e. The van der Waals surface area contributed by atoms with Crippen molar-refractivity contribution in [3.8, 4) is 39.4 Å². The van der Waals surface area contributed by atoms with E-state index in [0.29, 0.717) is 5.56 Å². The van der Waals surface area contributed by atoms with E-state index in [4.69, 9.17) is 4.99 Å². The van der Waals surface area contributed by atoms with Crippen LogP contribution in [0.5, 0.6) is 0 Å². The average molecular weight is 646 g/mol. The monoisotopic (exact) mass is 645 g/mol. The number of hydrogen-bond donors (Lipinski definition) is 1. The summed E-state index contributed by atoms with van der Waals surface area (Å²) in [4.78, 5) is 5.09. The highest BCUT2D eigenvalue weighted by Crippen LogP contribution is 2.36. The molecule has 0 bridgehead atoms. The molecule has 0 radical (unpaired) electrons. The standard InChI is InChI=1S/C47H39N3/c1-2-12-46(39-14-5-3-6-15-39)50-47(40-16-7-4-8-17-40)49-33-34-21-23-37(24-22-34)42-29-30-43(45-20-10-9-19-44(42)45)38-27-25-36(26-28-38)41-18-11-13-35(31-41)32-48/h3-11,13-31,33,46-47,50H,2,12H2,1H3/b49-33+. The molecule has 2 atom stereocenters. The molecule has 7 aromatic rings. The first-order valence-corrected chi connectivity index (χ1v) is 17.3. The van der Waals surface area contributed by atoms with Gasteiger partial charge in [-0.1, -0.05) is 171 Å². The molecular formula is C47H39N3. The van der Waals surface area contributed by atoms with Crippen molar-refractivity contribution >= 4 is 17.0 Å². The molecule has 0 aromatic heterocycles. The fourth-order valence-corrected chi connectivity index (χ4v) is 6.69. The van der Waals surface area contributed by atoms with Gasteiger partial charge in [0.25, 0.3) is 0 Å². The summed E-state index contributed by atoms with van der Waals surface area (Å²) in [6.45, 7) is 2.23. The van der Waals surface area contributed by atoms with Crippen molar-refractivity contribution in [3.05, 3.63) is 192 Å². The van der Waals surface area contributed by atoms with E-state index in [1.807, 2.05) is 36.5 Å². The Hall–Kier alpha value is -6.08. The highest BCUT2D eigenvalue weighted by atomic mass is 15.1. The molecule has 0 fully saturated rings. The number of benzene rings is 7. The van der Waals surface area contributed by atoms with Gasteiger partial charge in [-0.2, -0.15) is 5.26 Å². The Labute approximate surface area is 295 Å². The van der Waals surface area contributed by atoms with Crippen molar-refractivity contribution in [2.45, 2.75) is 32.0 Å². The van der Waals surface area contributed by atoms with E-state index in [1.54, 1.807) is 0 Å². The predicted octanol–water partition coefficient (Wildman–Crippen LogP) is 12.0. The van der Waals surface area contributed by atoms with Crippen LogP contribution in [-0.2, 0) is 0 Å². The van der Waals surface area contributed by atoms with Gasteiger partial charge in [0.05, 0.1) is 11.6 Å². The van der Waals surface area contributed by atoms with Crippen LogP contribution in [0, 0.1) is 11.3 Å². The molecule has 7 rings (SSSR count). The maximum atomic E-state index is 9.32. The second-order valence-corrected chi connectivity index (χ2v) is 12.6. The Bertz CT molecular complexity index is 2250. The Morgan fingerprint density at radius 1 is 0.580 bits per heavy atom. The lowest BCUT2D eigenvalue weighted by Crippen LogP contribution is -2.25. The van der Waals surface area contributed by atoms with Gasteiger partial charge in [0.15, 0.2) is 0 Å². The Morgan fingerprint density at radius 3 is 1.74 bits per heavy atom. The van der Waals surface area contributed by atoms with Gasteiger partial charge < -0.3 is 0 Å². The molecule has 2 unspecified atom stereocenters. The van der Waals surface area contributed by atoms with Crippen molar-refractivity contribution in [1.82, 2.24) is 5.32 Å². The van der Waals surface area contributed by atoms with Gasteiger partial charge in [0.1, 0.15) is 6.17 Å². The maximum Gasteiger partial charge on any atom is 0.126 e. The fourth-order valence-electron chi connectivity index (χ4n) is 6.69. The number of hydrogen-bond acceptors (Lipinski definition) is 3. The summed E-state index contributed by atoms with van der Waals surface area (Å²) in [6.07, 6.45) is 3.94. The van der Waals surface area contributed by atoms with Crippen LogP contribution >= 0.6 is 0 Å². The number of aliphatic imine (C=N–C) groups is 1. The van der Waals surface area contributed by atoms with Crippen LogP contribution in [0.2, 0.25) is 0 Å². The lowest BCUT2D eigenvalue weighted by molar-refractivity contribution is 0.430. The quantitative estimate of drug-likeness (QED) is 0.142. The van der Waals surface area contributed by atoms with Gasteiger partial charge in [-0.3, -0.25) is 10.3 Å². The summed E-state index contributed by atoms with van der Waals surface area (Å²) >= 11 is 0. The van der Waals surface area contributed by atoms with Crippen molar-refractivity contribution < 1.29 is 0 Å². The van der Waals surface area contributed by atoms with Crippen molar-refractivity contribution in [2.24, 2.45) is 4.99 Å². The summed E-state index contributed by atoms with van der Waals surface area (Å²) in [5.41, 5.74) is 11.0. The molecule has 0 amide bonds. The number of fused-ring (bicyclic) bond motifs is 1. The Morgan fingerprint density at radius 2 is 1.14 bits per heavy atom. The summed E-state index contributed by atoms with van der Waals surface area (Å²) in [7, 11) is 0.